The molecule has 8 heteroatoms. The summed E-state index contributed by atoms with van der Waals surface area (Å²) in [5.74, 6) is -0.546. The molecule has 0 amide bonds. The minimum Gasteiger partial charge on any atom is -0.329 e. The van der Waals surface area contributed by atoms with E-state index >= 15 is 0 Å². The highest BCUT2D eigenvalue weighted by atomic mass is 19.4. The molecule has 0 spiro atoms. The minimum atomic E-state index is -4.68. The highest BCUT2D eigenvalue weighted by Gasteiger charge is 2.38. The number of nitrogens with zero attached hydrogens (tertiary/aromatic N) is 3. The summed E-state index contributed by atoms with van der Waals surface area (Å²) in [7, 11) is 0. The van der Waals surface area contributed by atoms with Gasteiger partial charge in [-0.05, 0) is 17.9 Å². The number of rotatable bonds is 8. The van der Waals surface area contributed by atoms with Crippen LogP contribution >= 0.6 is 0 Å². The van der Waals surface area contributed by atoms with Gasteiger partial charge in [-0.25, -0.2) is 0 Å². The maximum atomic E-state index is 12.6. The van der Waals surface area contributed by atoms with E-state index in [-0.39, 0.29) is 13.0 Å². The molecule has 3 aromatic rings. The third kappa shape index (κ3) is 5.24. The molecule has 0 unspecified atom stereocenters. The lowest BCUT2D eigenvalue weighted by Gasteiger charge is -2.41. The van der Waals surface area contributed by atoms with Crippen molar-refractivity contribution in [1.29, 1.82) is 0 Å². The highest BCUT2D eigenvalue weighted by Crippen LogP contribution is 2.30. The predicted octanol–water partition coefficient (Wildman–Crippen LogP) is 5.70. The van der Waals surface area contributed by atoms with Gasteiger partial charge in [0.25, 0.3) is 0 Å². The second kappa shape index (κ2) is 9.24. The number of ketones is 1. The number of alkyl halides is 3. The number of likely N-dealkylation sites (tertiary alicyclic amines) is 1. The smallest absolute Gasteiger partial charge is 0.329 e. The average Bonchev–Trinajstić information content (AvgIpc) is 3.26. The van der Waals surface area contributed by atoms with Crippen LogP contribution in [0.4, 0.5) is 13.2 Å². The van der Waals surface area contributed by atoms with Gasteiger partial charge in [0.15, 0.2) is 5.78 Å². The van der Waals surface area contributed by atoms with Crippen molar-refractivity contribution >= 4 is 5.78 Å². The number of Topliss-reactive ketones (excluding diaryl/α,β-unsaturated/α-hetero) is 1. The van der Waals surface area contributed by atoms with Crippen molar-refractivity contribution in [2.75, 3.05) is 19.6 Å². The van der Waals surface area contributed by atoms with Crippen LogP contribution in [-0.2, 0) is 6.18 Å². The van der Waals surface area contributed by atoms with Gasteiger partial charge in [0.05, 0.1) is 0 Å². The number of benzene rings is 2. The Morgan fingerprint density at radius 1 is 1.16 bits per heavy atom. The Balaban J connectivity index is 0.00000306. The van der Waals surface area contributed by atoms with E-state index in [2.05, 4.69) is 50.8 Å². The van der Waals surface area contributed by atoms with Gasteiger partial charge in [-0.1, -0.05) is 66.7 Å². The lowest BCUT2D eigenvalue weighted by molar-refractivity contribution is -0.159. The van der Waals surface area contributed by atoms with E-state index in [9.17, 15) is 18.0 Å². The molecular weight excluding hydrogens is 419 g/mol. The first-order valence-corrected chi connectivity index (χ1v) is 10.6. The van der Waals surface area contributed by atoms with Crippen molar-refractivity contribution in [1.82, 2.24) is 15.0 Å². The standard InChI is InChI=1S/C24H24F3N3O2.H2/c1-16(13-30-14-20(15-30)17-5-3-2-4-6-17)7-12-21(31)18-8-10-19(11-9-18)22-28-23(32-29-22)24(25,26)27;/h2-6,8-11,16,20H,7,12-15H2,1H3;1H/t16-;/m0./s1. The lowest BCUT2D eigenvalue weighted by atomic mass is 9.90. The van der Waals surface area contributed by atoms with Gasteiger partial charge in [-0.2, -0.15) is 18.2 Å². The SMILES string of the molecule is C[C@@H](CCC(=O)c1ccc(-c2noc(C(F)(F)F)n2)cc1)CN1CC(c2ccccc2)C1.[HH]. The van der Waals surface area contributed by atoms with Crippen LogP contribution in [0.1, 0.15) is 48.9 Å². The van der Waals surface area contributed by atoms with Crippen molar-refractivity contribution in [2.24, 2.45) is 5.92 Å². The molecule has 5 nitrogen and oxygen atoms in total. The molecule has 1 aliphatic rings. The van der Waals surface area contributed by atoms with E-state index in [1.54, 1.807) is 12.1 Å². The summed E-state index contributed by atoms with van der Waals surface area (Å²) in [6.07, 6.45) is -3.47. The number of carbonyl (C=O) groups excluding carboxylic acids is 1. The van der Waals surface area contributed by atoms with Gasteiger partial charge in [-0.15, -0.1) is 0 Å². The fourth-order valence-corrected chi connectivity index (χ4v) is 3.97. The lowest BCUT2D eigenvalue weighted by Crippen LogP contribution is -2.46. The Hall–Kier alpha value is -3.00. The zero-order chi connectivity index (χ0) is 22.7. The van der Waals surface area contributed by atoms with Gasteiger partial charge in [0, 0.05) is 44.5 Å². The van der Waals surface area contributed by atoms with E-state index in [4.69, 9.17) is 0 Å². The Morgan fingerprint density at radius 2 is 1.84 bits per heavy atom. The van der Waals surface area contributed by atoms with Crippen molar-refractivity contribution in [3.05, 3.63) is 71.6 Å². The summed E-state index contributed by atoms with van der Waals surface area (Å²) < 4.78 is 42.0. The van der Waals surface area contributed by atoms with E-state index in [1.165, 1.54) is 17.7 Å². The number of halogens is 3. The highest BCUT2D eigenvalue weighted by molar-refractivity contribution is 5.96. The summed E-state index contributed by atoms with van der Waals surface area (Å²) in [5.41, 5.74) is 2.26. The summed E-state index contributed by atoms with van der Waals surface area (Å²) >= 11 is 0. The summed E-state index contributed by atoms with van der Waals surface area (Å²) in [6, 6.07) is 16.8. The van der Waals surface area contributed by atoms with Gasteiger partial charge in [0.2, 0.25) is 5.82 Å². The molecule has 0 bridgehead atoms. The van der Waals surface area contributed by atoms with Crippen molar-refractivity contribution in [2.45, 2.75) is 31.9 Å². The molecule has 2 aromatic carbocycles. The van der Waals surface area contributed by atoms with Gasteiger partial charge in [-0.3, -0.25) is 4.79 Å². The van der Waals surface area contributed by atoms with Crippen molar-refractivity contribution in [3.63, 3.8) is 0 Å². The Labute approximate surface area is 185 Å². The number of hydrogen-bond acceptors (Lipinski definition) is 5. The molecule has 0 saturated carbocycles. The third-order valence-electron chi connectivity index (χ3n) is 5.80. The van der Waals surface area contributed by atoms with Crippen LogP contribution in [0, 0.1) is 5.92 Å². The molecule has 0 radical (unpaired) electrons. The molecule has 0 aliphatic carbocycles. The number of aromatic nitrogens is 2. The van der Waals surface area contributed by atoms with Gasteiger partial charge in [0.1, 0.15) is 0 Å². The number of carbonyl (C=O) groups is 1. The maximum Gasteiger partial charge on any atom is 0.471 e. The van der Waals surface area contributed by atoms with Gasteiger partial charge < -0.3 is 9.42 Å². The van der Waals surface area contributed by atoms with Crippen molar-refractivity contribution < 1.29 is 23.9 Å². The van der Waals surface area contributed by atoms with E-state index in [1.807, 2.05) is 6.07 Å². The fourth-order valence-electron chi connectivity index (χ4n) is 3.97. The summed E-state index contributed by atoms with van der Waals surface area (Å²) in [6.45, 7) is 5.22. The average molecular weight is 445 g/mol. The largest absolute Gasteiger partial charge is 0.471 e. The van der Waals surface area contributed by atoms with Gasteiger partial charge >= 0.3 is 12.1 Å². The summed E-state index contributed by atoms with van der Waals surface area (Å²) in [4.78, 5) is 18.3. The molecule has 32 heavy (non-hydrogen) atoms. The van der Waals surface area contributed by atoms with Crippen LogP contribution in [-0.4, -0.2) is 40.5 Å². The second-order valence-corrected chi connectivity index (χ2v) is 8.39. The molecule has 170 valence electrons. The molecule has 1 fully saturated rings. The predicted molar refractivity (Wildman–Crippen MR) is 115 cm³/mol. The normalized spacial score (nSPS) is 16.0. The van der Waals surface area contributed by atoms with Crippen molar-refractivity contribution in [3.8, 4) is 11.4 Å². The van der Waals surface area contributed by atoms with Crippen LogP contribution < -0.4 is 0 Å². The quantitative estimate of drug-likeness (QED) is 0.416. The zero-order valence-corrected chi connectivity index (χ0v) is 17.7. The molecule has 1 saturated heterocycles. The van der Waals surface area contributed by atoms with E-state index < -0.39 is 12.1 Å². The Bertz CT molecular complexity index is 1050. The molecular formula is C24H26F3N3O2. The first-order valence-electron chi connectivity index (χ1n) is 10.6. The molecule has 0 N–H and O–H groups in total. The maximum absolute atomic E-state index is 12.6. The molecule has 1 aromatic heterocycles. The Morgan fingerprint density at radius 3 is 2.47 bits per heavy atom. The third-order valence-corrected chi connectivity index (χ3v) is 5.80. The zero-order valence-electron chi connectivity index (χ0n) is 17.7. The monoisotopic (exact) mass is 445 g/mol. The second-order valence-electron chi connectivity index (χ2n) is 8.39. The fraction of sp³-hybridized carbons (Fsp3) is 0.375. The van der Waals surface area contributed by atoms with Crippen LogP contribution in [0.2, 0.25) is 0 Å². The summed E-state index contributed by atoms with van der Waals surface area (Å²) in [5, 5.41) is 3.36. The number of hydrogen-bond donors (Lipinski definition) is 0. The van der Waals surface area contributed by atoms with E-state index in [0.717, 1.165) is 26.1 Å². The van der Waals surface area contributed by atoms with Crippen LogP contribution in [0.5, 0.6) is 0 Å². The van der Waals surface area contributed by atoms with E-state index in [0.29, 0.717) is 29.4 Å². The topological polar surface area (TPSA) is 59.2 Å². The van der Waals surface area contributed by atoms with Crippen LogP contribution in [0.15, 0.2) is 59.1 Å². The Kier molecular flexibility index (Phi) is 6.41. The molecule has 1 atom stereocenters. The first-order chi connectivity index (χ1) is 15.3. The first kappa shape index (κ1) is 22.2. The van der Waals surface area contributed by atoms with Crippen LogP contribution in [0.25, 0.3) is 11.4 Å². The molecule has 4 rings (SSSR count). The molecule has 1 aliphatic heterocycles. The minimum absolute atomic E-state index is 0. The van der Waals surface area contributed by atoms with Crippen LogP contribution in [0.3, 0.4) is 0 Å². The molecule has 2 heterocycles.